The molecule has 3 rings (SSSR count). The molecular weight excluding hydrogens is 406 g/mol. The summed E-state index contributed by atoms with van der Waals surface area (Å²) in [6, 6.07) is 3.07. The van der Waals surface area contributed by atoms with Gasteiger partial charge in [0.1, 0.15) is 27.8 Å². The fourth-order valence-corrected chi connectivity index (χ4v) is 4.72. The van der Waals surface area contributed by atoms with E-state index in [0.717, 1.165) is 30.2 Å². The first-order chi connectivity index (χ1) is 13.4. The van der Waals surface area contributed by atoms with Crippen molar-refractivity contribution in [3.05, 3.63) is 37.6 Å². The lowest BCUT2D eigenvalue weighted by Crippen LogP contribution is -2.38. The molecule has 152 valence electrons. The van der Waals surface area contributed by atoms with Crippen LogP contribution in [0.15, 0.2) is 26.6 Å². The summed E-state index contributed by atoms with van der Waals surface area (Å²) in [6.07, 6.45) is 4.04. The highest BCUT2D eigenvalue weighted by Crippen LogP contribution is 2.40. The smallest absolute Gasteiger partial charge is 0.253 e. The summed E-state index contributed by atoms with van der Waals surface area (Å²) in [7, 11) is 1.36. The summed E-state index contributed by atoms with van der Waals surface area (Å²) in [5.41, 5.74) is -0.805. The van der Waals surface area contributed by atoms with E-state index >= 15 is 0 Å². The van der Waals surface area contributed by atoms with Crippen LogP contribution in [0.4, 0.5) is 17.1 Å². The van der Waals surface area contributed by atoms with Crippen molar-refractivity contribution in [3.8, 4) is 5.75 Å². The SMILES string of the molecule is CCN(OC)[S+]([O-])c1c(Cl)ccc(Nc2c(NC3CCCC3)c(=O)c2=O)c1O. The van der Waals surface area contributed by atoms with E-state index in [9.17, 15) is 19.2 Å². The van der Waals surface area contributed by atoms with Crippen LogP contribution in [-0.2, 0) is 16.2 Å². The number of nitrogens with one attached hydrogen (secondary N) is 2. The molecule has 28 heavy (non-hydrogen) atoms. The first kappa shape index (κ1) is 20.9. The van der Waals surface area contributed by atoms with Crippen LogP contribution in [0.1, 0.15) is 32.6 Å². The van der Waals surface area contributed by atoms with E-state index < -0.39 is 22.2 Å². The van der Waals surface area contributed by atoms with Gasteiger partial charge in [0.2, 0.25) is 4.90 Å². The predicted molar refractivity (Wildman–Crippen MR) is 109 cm³/mol. The second kappa shape index (κ2) is 8.71. The number of hydrogen-bond donors (Lipinski definition) is 3. The molecule has 0 amide bonds. The van der Waals surface area contributed by atoms with Crippen LogP contribution in [0.25, 0.3) is 0 Å². The molecule has 2 aromatic carbocycles. The van der Waals surface area contributed by atoms with Gasteiger partial charge in [-0.2, -0.15) is 0 Å². The zero-order chi connectivity index (χ0) is 20.4. The van der Waals surface area contributed by atoms with Gasteiger partial charge in [-0.05, 0) is 31.9 Å². The lowest BCUT2D eigenvalue weighted by molar-refractivity contribution is -0.0443. The third-order valence-electron chi connectivity index (χ3n) is 4.78. The maximum Gasteiger partial charge on any atom is 0.253 e. The Morgan fingerprint density at radius 1 is 1.29 bits per heavy atom. The fourth-order valence-electron chi connectivity index (χ4n) is 3.29. The molecular formula is C18H22ClN3O5S. The van der Waals surface area contributed by atoms with Gasteiger partial charge in [0, 0.05) is 10.5 Å². The van der Waals surface area contributed by atoms with Gasteiger partial charge in [-0.1, -0.05) is 24.4 Å². The van der Waals surface area contributed by atoms with Crippen molar-refractivity contribution < 1.29 is 14.5 Å². The molecule has 1 atom stereocenters. The molecule has 0 saturated heterocycles. The molecule has 1 saturated carbocycles. The number of hydrogen-bond acceptors (Lipinski definition) is 8. The molecule has 0 aromatic heterocycles. The maximum absolute atomic E-state index is 12.7. The number of hydroxylamine groups is 1. The van der Waals surface area contributed by atoms with Gasteiger partial charge in [0.15, 0.2) is 5.75 Å². The van der Waals surface area contributed by atoms with Gasteiger partial charge in [0.25, 0.3) is 10.9 Å². The minimum absolute atomic E-state index is 0.0423. The molecule has 0 bridgehead atoms. The second-order valence-electron chi connectivity index (χ2n) is 6.51. The zero-order valence-electron chi connectivity index (χ0n) is 15.6. The van der Waals surface area contributed by atoms with Crippen LogP contribution in [0, 0.1) is 0 Å². The van der Waals surface area contributed by atoms with E-state index in [1.54, 1.807) is 6.92 Å². The number of rotatable bonds is 8. The number of anilines is 3. The molecule has 3 N–H and O–H groups in total. The van der Waals surface area contributed by atoms with Crippen LogP contribution >= 0.6 is 11.6 Å². The van der Waals surface area contributed by atoms with Gasteiger partial charge >= 0.3 is 0 Å². The van der Waals surface area contributed by atoms with Crippen LogP contribution in [-0.4, -0.2) is 33.8 Å². The van der Waals surface area contributed by atoms with Crippen molar-refractivity contribution in [1.29, 1.82) is 0 Å². The molecule has 0 aliphatic heterocycles. The van der Waals surface area contributed by atoms with E-state index in [2.05, 4.69) is 10.6 Å². The third kappa shape index (κ3) is 3.85. The van der Waals surface area contributed by atoms with Crippen molar-refractivity contribution in [2.75, 3.05) is 24.3 Å². The lowest BCUT2D eigenvalue weighted by atomic mass is 10.1. The summed E-state index contributed by atoms with van der Waals surface area (Å²) in [5, 5.41) is 16.6. The number of nitrogens with zero attached hydrogens (tertiary/aromatic N) is 1. The van der Waals surface area contributed by atoms with Crippen molar-refractivity contribution in [3.63, 3.8) is 0 Å². The number of halogens is 1. The van der Waals surface area contributed by atoms with E-state index in [1.165, 1.54) is 19.2 Å². The van der Waals surface area contributed by atoms with Crippen molar-refractivity contribution in [2.45, 2.75) is 43.5 Å². The van der Waals surface area contributed by atoms with E-state index in [-0.39, 0.29) is 38.8 Å². The second-order valence-corrected chi connectivity index (χ2v) is 8.23. The predicted octanol–water partition coefficient (Wildman–Crippen LogP) is 2.65. The summed E-state index contributed by atoms with van der Waals surface area (Å²) in [6.45, 7) is 2.03. The van der Waals surface area contributed by atoms with Gasteiger partial charge in [-0.25, -0.2) is 0 Å². The summed E-state index contributed by atoms with van der Waals surface area (Å²) in [5.74, 6) is -0.374. The molecule has 2 aromatic rings. The Hall–Kier alpha value is -1.78. The Bertz CT molecular complexity index is 921. The fraction of sp³-hybridized carbons (Fsp3) is 0.444. The monoisotopic (exact) mass is 427 g/mol. The number of benzene rings is 1. The zero-order valence-corrected chi connectivity index (χ0v) is 17.2. The van der Waals surface area contributed by atoms with E-state index in [0.29, 0.717) is 6.54 Å². The van der Waals surface area contributed by atoms with Gasteiger partial charge in [-0.3, -0.25) is 14.4 Å². The molecule has 1 fully saturated rings. The minimum Gasteiger partial charge on any atom is -0.591 e. The van der Waals surface area contributed by atoms with Crippen LogP contribution < -0.4 is 21.5 Å². The van der Waals surface area contributed by atoms with E-state index in [1.807, 2.05) is 0 Å². The van der Waals surface area contributed by atoms with Gasteiger partial charge < -0.3 is 20.3 Å². The lowest BCUT2D eigenvalue weighted by Gasteiger charge is -2.22. The number of aromatic hydroxyl groups is 1. The van der Waals surface area contributed by atoms with E-state index in [4.69, 9.17) is 16.4 Å². The number of phenolic OH excluding ortho intramolecular Hbond substituents is 1. The van der Waals surface area contributed by atoms with Crippen molar-refractivity contribution in [2.24, 2.45) is 0 Å². The normalized spacial score (nSPS) is 16.0. The average molecular weight is 428 g/mol. The Balaban J connectivity index is 1.90. The topological polar surface area (TPSA) is 114 Å². The van der Waals surface area contributed by atoms with Crippen LogP contribution in [0.2, 0.25) is 5.02 Å². The van der Waals surface area contributed by atoms with Gasteiger partial charge in [0.05, 0.1) is 19.3 Å². The summed E-state index contributed by atoms with van der Waals surface area (Å²) in [4.78, 5) is 29.0. The average Bonchev–Trinajstić information content (AvgIpc) is 3.20. The molecule has 10 heteroatoms. The van der Waals surface area contributed by atoms with Crippen LogP contribution in [0.3, 0.4) is 0 Å². The Labute approximate surface area is 170 Å². The Morgan fingerprint density at radius 3 is 2.54 bits per heavy atom. The summed E-state index contributed by atoms with van der Waals surface area (Å²) < 4.78 is 13.8. The van der Waals surface area contributed by atoms with Crippen molar-refractivity contribution >= 4 is 40.0 Å². The minimum atomic E-state index is -1.88. The summed E-state index contributed by atoms with van der Waals surface area (Å²) >= 11 is 4.25. The standard InChI is InChI=1S/C18H22ClN3O5S/c1-3-22(27-2)28(26)18-11(19)8-9-12(15(18)23)21-14-13(16(24)17(14)25)20-10-6-4-5-7-10/h8-10,20-21,23H,3-7H2,1-2H3. The van der Waals surface area contributed by atoms with Gasteiger partial charge in [-0.15, -0.1) is 0 Å². The first-order valence-corrected chi connectivity index (χ1v) is 10.5. The quantitative estimate of drug-likeness (QED) is 0.255. The third-order valence-corrected chi connectivity index (χ3v) is 6.75. The molecule has 0 radical (unpaired) electrons. The Kier molecular flexibility index (Phi) is 6.51. The number of phenols is 1. The highest BCUT2D eigenvalue weighted by molar-refractivity contribution is 7.89. The Morgan fingerprint density at radius 2 is 1.93 bits per heavy atom. The molecule has 1 aliphatic rings. The highest BCUT2D eigenvalue weighted by atomic mass is 35.5. The molecule has 8 nitrogen and oxygen atoms in total. The molecule has 0 spiro atoms. The maximum atomic E-state index is 12.7. The molecule has 1 unspecified atom stereocenters. The molecule has 1 aliphatic carbocycles. The van der Waals surface area contributed by atoms with Crippen molar-refractivity contribution in [1.82, 2.24) is 4.47 Å². The molecule has 0 heterocycles. The highest BCUT2D eigenvalue weighted by Gasteiger charge is 2.31. The van der Waals surface area contributed by atoms with Crippen LogP contribution in [0.5, 0.6) is 5.75 Å². The largest absolute Gasteiger partial charge is 0.591 e. The first-order valence-electron chi connectivity index (χ1n) is 9.00.